The number of hydrogen-bond donors (Lipinski definition) is 3. The highest BCUT2D eigenvalue weighted by Crippen LogP contribution is 2.36. The largest absolute Gasteiger partial charge is 0.394 e. The fraction of sp³-hybridized carbons (Fsp3) is 0.304. The first-order valence-corrected chi connectivity index (χ1v) is 9.22. The predicted molar refractivity (Wildman–Crippen MR) is 116 cm³/mol. The highest BCUT2D eigenvalue weighted by atomic mass is 35.5. The van der Waals surface area contributed by atoms with E-state index in [4.69, 9.17) is 0 Å². The number of aliphatic hydroxyl groups excluding tert-OH is 2. The minimum atomic E-state index is -0.677. The van der Waals surface area contributed by atoms with Crippen LogP contribution in [0.3, 0.4) is 0 Å². The zero-order valence-corrected chi connectivity index (χ0v) is 16.5. The van der Waals surface area contributed by atoms with Crippen LogP contribution in [-0.4, -0.2) is 29.0 Å². The van der Waals surface area contributed by atoms with Crippen LogP contribution in [0.2, 0.25) is 0 Å². The first-order valence-electron chi connectivity index (χ1n) is 9.22. The second-order valence-corrected chi connectivity index (χ2v) is 7.56. The maximum Gasteiger partial charge on any atom is 0.0673 e. The van der Waals surface area contributed by atoms with Gasteiger partial charge in [-0.15, -0.1) is 12.4 Å². The topological polar surface area (TPSA) is 52.5 Å². The molecule has 0 bridgehead atoms. The third kappa shape index (κ3) is 3.15. The molecule has 0 aliphatic carbocycles. The molecule has 0 radical (unpaired) electrons. The molecular weight excluding hydrogens is 358 g/mol. The molecule has 4 rings (SSSR count). The normalized spacial score (nSPS) is 12.3. The van der Waals surface area contributed by atoms with Crippen molar-refractivity contribution in [3.8, 4) is 0 Å². The number of nitrogens with one attached hydrogen (secondary N) is 1. The van der Waals surface area contributed by atoms with Gasteiger partial charge in [-0.25, -0.2) is 0 Å². The average Bonchev–Trinajstić information content (AvgIpc) is 2.67. The first-order chi connectivity index (χ1) is 12.6. The van der Waals surface area contributed by atoms with Crippen molar-refractivity contribution < 1.29 is 10.2 Å². The van der Waals surface area contributed by atoms with Crippen LogP contribution in [0, 0.1) is 5.92 Å². The second kappa shape index (κ2) is 7.61. The molecule has 0 aliphatic heterocycles. The van der Waals surface area contributed by atoms with E-state index in [1.807, 2.05) is 13.8 Å². The van der Waals surface area contributed by atoms with Crippen LogP contribution in [0.15, 0.2) is 54.6 Å². The molecule has 0 spiro atoms. The lowest BCUT2D eigenvalue weighted by Gasteiger charge is -2.35. The van der Waals surface area contributed by atoms with E-state index in [2.05, 4.69) is 59.9 Å². The number of halogens is 1. The highest BCUT2D eigenvalue weighted by Gasteiger charge is 2.32. The van der Waals surface area contributed by atoms with Crippen molar-refractivity contribution in [2.45, 2.75) is 25.9 Å². The molecule has 4 aromatic rings. The second-order valence-electron chi connectivity index (χ2n) is 7.56. The summed E-state index contributed by atoms with van der Waals surface area (Å²) in [4.78, 5) is 0. The van der Waals surface area contributed by atoms with Crippen LogP contribution in [0.1, 0.15) is 19.4 Å². The molecule has 4 heteroatoms. The van der Waals surface area contributed by atoms with Crippen LogP contribution < -0.4 is 5.32 Å². The summed E-state index contributed by atoms with van der Waals surface area (Å²) in [5.41, 5.74) is 0.506. The number of hydrogen-bond acceptors (Lipinski definition) is 3. The van der Waals surface area contributed by atoms with Crippen molar-refractivity contribution in [1.29, 1.82) is 0 Å². The minimum Gasteiger partial charge on any atom is -0.394 e. The maximum absolute atomic E-state index is 9.84. The van der Waals surface area contributed by atoms with Crippen LogP contribution in [0.25, 0.3) is 32.3 Å². The SMILES string of the molecule is CC(C)C(CO)(CO)NCc1ccc2ccc3cccc4ccc1c2c34.Cl. The van der Waals surface area contributed by atoms with Gasteiger partial charge >= 0.3 is 0 Å². The van der Waals surface area contributed by atoms with E-state index in [0.717, 1.165) is 0 Å². The van der Waals surface area contributed by atoms with E-state index < -0.39 is 5.54 Å². The van der Waals surface area contributed by atoms with E-state index in [1.165, 1.54) is 37.9 Å². The lowest BCUT2D eigenvalue weighted by molar-refractivity contribution is 0.0552. The van der Waals surface area contributed by atoms with Crippen molar-refractivity contribution in [3.63, 3.8) is 0 Å². The minimum absolute atomic E-state index is 0. The Morgan fingerprint density at radius 1 is 0.815 bits per heavy atom. The lowest BCUT2D eigenvalue weighted by Crippen LogP contribution is -2.55. The van der Waals surface area contributed by atoms with Crippen molar-refractivity contribution in [1.82, 2.24) is 5.32 Å². The summed E-state index contributed by atoms with van der Waals surface area (Å²) in [7, 11) is 0. The molecule has 0 atom stereocenters. The van der Waals surface area contributed by atoms with Gasteiger partial charge < -0.3 is 15.5 Å². The van der Waals surface area contributed by atoms with E-state index in [-0.39, 0.29) is 31.5 Å². The van der Waals surface area contributed by atoms with Gasteiger partial charge in [-0.1, -0.05) is 68.4 Å². The third-order valence-electron chi connectivity index (χ3n) is 5.92. The smallest absolute Gasteiger partial charge is 0.0673 e. The number of aliphatic hydroxyl groups is 2. The van der Waals surface area contributed by atoms with Crippen LogP contribution in [0.5, 0.6) is 0 Å². The molecule has 0 aromatic heterocycles. The maximum atomic E-state index is 9.84. The molecule has 0 saturated carbocycles. The summed E-state index contributed by atoms with van der Waals surface area (Å²) in [5, 5.41) is 30.7. The van der Waals surface area contributed by atoms with Crippen molar-refractivity contribution in [2.75, 3.05) is 13.2 Å². The van der Waals surface area contributed by atoms with Gasteiger partial charge in [0.2, 0.25) is 0 Å². The Kier molecular flexibility index (Phi) is 5.59. The quantitative estimate of drug-likeness (QED) is 0.430. The Balaban J connectivity index is 0.00000210. The molecule has 142 valence electrons. The molecule has 0 heterocycles. The Labute approximate surface area is 165 Å². The van der Waals surface area contributed by atoms with Gasteiger partial charge in [0, 0.05) is 6.54 Å². The molecule has 0 unspecified atom stereocenters. The van der Waals surface area contributed by atoms with E-state index in [1.54, 1.807) is 0 Å². The molecule has 3 nitrogen and oxygen atoms in total. The zero-order chi connectivity index (χ0) is 18.3. The van der Waals surface area contributed by atoms with Gasteiger partial charge in [0.1, 0.15) is 0 Å². The van der Waals surface area contributed by atoms with Crippen molar-refractivity contribution >= 4 is 44.7 Å². The van der Waals surface area contributed by atoms with E-state index in [0.29, 0.717) is 6.54 Å². The van der Waals surface area contributed by atoms with Crippen molar-refractivity contribution in [3.05, 3.63) is 60.2 Å². The van der Waals surface area contributed by atoms with Gasteiger partial charge in [-0.2, -0.15) is 0 Å². The third-order valence-corrected chi connectivity index (χ3v) is 5.92. The Morgan fingerprint density at radius 3 is 1.96 bits per heavy atom. The first kappa shape index (κ1) is 19.8. The molecular formula is C23H26ClNO2. The molecule has 27 heavy (non-hydrogen) atoms. The van der Waals surface area contributed by atoms with Crippen LogP contribution >= 0.6 is 12.4 Å². The summed E-state index contributed by atoms with van der Waals surface area (Å²) < 4.78 is 0. The van der Waals surface area contributed by atoms with Crippen molar-refractivity contribution in [2.24, 2.45) is 5.92 Å². The van der Waals surface area contributed by atoms with Gasteiger partial charge in [0.15, 0.2) is 0 Å². The predicted octanol–water partition coefficient (Wildman–Crippen LogP) is 4.47. The summed E-state index contributed by atoms with van der Waals surface area (Å²) in [6.07, 6.45) is 0. The number of benzene rings is 4. The standard InChI is InChI=1S/C23H25NO2.ClH/c1-15(2)23(13-25,14-26)24-12-19-9-8-18-7-6-16-4-3-5-17-10-11-20(19)22(18)21(16)17;/h3-11,15,24-26H,12-14H2,1-2H3;1H. The van der Waals surface area contributed by atoms with E-state index >= 15 is 0 Å². The molecule has 0 amide bonds. The van der Waals surface area contributed by atoms with Crippen LogP contribution in [0.4, 0.5) is 0 Å². The summed E-state index contributed by atoms with van der Waals surface area (Å²) in [5.74, 6) is 0.122. The zero-order valence-electron chi connectivity index (χ0n) is 15.7. The molecule has 0 aliphatic rings. The van der Waals surface area contributed by atoms with E-state index in [9.17, 15) is 10.2 Å². The summed E-state index contributed by atoms with van der Waals surface area (Å²) >= 11 is 0. The molecule has 0 fully saturated rings. The average molecular weight is 384 g/mol. The molecule has 4 aromatic carbocycles. The number of rotatable bonds is 6. The monoisotopic (exact) mass is 383 g/mol. The fourth-order valence-corrected chi connectivity index (χ4v) is 3.95. The van der Waals surface area contributed by atoms with Gasteiger partial charge in [0.05, 0.1) is 18.8 Å². The van der Waals surface area contributed by atoms with Gasteiger partial charge in [-0.3, -0.25) is 0 Å². The highest BCUT2D eigenvalue weighted by molar-refractivity contribution is 6.23. The Hall–Kier alpha value is -1.91. The van der Waals surface area contributed by atoms with Gasteiger partial charge in [0.25, 0.3) is 0 Å². The fourth-order valence-electron chi connectivity index (χ4n) is 3.95. The van der Waals surface area contributed by atoms with Crippen LogP contribution in [-0.2, 0) is 6.54 Å². The molecule has 3 N–H and O–H groups in total. The lowest BCUT2D eigenvalue weighted by atomic mass is 9.87. The molecule has 0 saturated heterocycles. The Morgan fingerprint density at radius 2 is 1.37 bits per heavy atom. The summed E-state index contributed by atoms with van der Waals surface area (Å²) in [6, 6.07) is 19.5. The van der Waals surface area contributed by atoms with Gasteiger partial charge in [-0.05, 0) is 43.8 Å². The summed E-state index contributed by atoms with van der Waals surface area (Å²) in [6.45, 7) is 4.46. The Bertz CT molecular complexity index is 1040.